The first-order valence-corrected chi connectivity index (χ1v) is 11.2. The SMILES string of the molecule is COc1cc(Nc2nc(Nc3ccc(N4CCN(C)CC4)cc3)ncc2C)cc(OC)c1Cl. The number of benzene rings is 2. The van der Waals surface area contributed by atoms with E-state index >= 15 is 0 Å². The number of piperazine rings is 1. The maximum atomic E-state index is 6.28. The Kier molecular flexibility index (Phi) is 7.05. The van der Waals surface area contributed by atoms with Crippen molar-refractivity contribution >= 4 is 40.4 Å². The van der Waals surface area contributed by atoms with Crippen molar-refractivity contribution in [2.75, 3.05) is 63.0 Å². The second-order valence-corrected chi connectivity index (χ2v) is 8.39. The van der Waals surface area contributed by atoms with Crippen molar-refractivity contribution in [3.8, 4) is 11.5 Å². The van der Waals surface area contributed by atoms with Gasteiger partial charge in [-0.3, -0.25) is 0 Å². The first-order valence-electron chi connectivity index (χ1n) is 10.8. The van der Waals surface area contributed by atoms with Gasteiger partial charge in [-0.15, -0.1) is 0 Å². The first kappa shape index (κ1) is 22.9. The van der Waals surface area contributed by atoms with Crippen molar-refractivity contribution in [2.45, 2.75) is 6.92 Å². The highest BCUT2D eigenvalue weighted by molar-refractivity contribution is 6.33. The number of aryl methyl sites for hydroxylation is 1. The summed E-state index contributed by atoms with van der Waals surface area (Å²) < 4.78 is 10.7. The van der Waals surface area contributed by atoms with E-state index in [9.17, 15) is 0 Å². The van der Waals surface area contributed by atoms with Crippen LogP contribution < -0.4 is 25.0 Å². The fourth-order valence-corrected chi connectivity index (χ4v) is 3.92. The summed E-state index contributed by atoms with van der Waals surface area (Å²) in [4.78, 5) is 13.8. The minimum absolute atomic E-state index is 0.423. The second-order valence-electron chi connectivity index (χ2n) is 8.01. The first-order chi connectivity index (χ1) is 16.0. The van der Waals surface area contributed by atoms with Gasteiger partial charge in [0, 0.05) is 67.1 Å². The van der Waals surface area contributed by atoms with Crippen molar-refractivity contribution in [1.82, 2.24) is 14.9 Å². The summed E-state index contributed by atoms with van der Waals surface area (Å²) in [6, 6.07) is 12.0. The van der Waals surface area contributed by atoms with Gasteiger partial charge in [0.2, 0.25) is 5.95 Å². The molecule has 9 heteroatoms. The van der Waals surface area contributed by atoms with Gasteiger partial charge < -0.3 is 29.9 Å². The van der Waals surface area contributed by atoms with E-state index in [0.29, 0.717) is 28.3 Å². The highest BCUT2D eigenvalue weighted by Gasteiger charge is 2.15. The van der Waals surface area contributed by atoms with E-state index < -0.39 is 0 Å². The monoisotopic (exact) mass is 468 g/mol. The number of rotatable bonds is 7. The van der Waals surface area contributed by atoms with Gasteiger partial charge in [0.25, 0.3) is 0 Å². The minimum Gasteiger partial charge on any atom is -0.495 e. The quantitative estimate of drug-likeness (QED) is 0.517. The molecular formula is C24H29ClN6O2. The number of aromatic nitrogens is 2. The number of anilines is 5. The Morgan fingerprint density at radius 1 is 0.909 bits per heavy atom. The molecule has 2 heterocycles. The van der Waals surface area contributed by atoms with Crippen LogP contribution >= 0.6 is 11.6 Å². The molecule has 0 spiro atoms. The molecule has 0 aliphatic carbocycles. The number of hydrogen-bond acceptors (Lipinski definition) is 8. The molecule has 1 saturated heterocycles. The highest BCUT2D eigenvalue weighted by atomic mass is 35.5. The molecule has 0 unspecified atom stereocenters. The van der Waals surface area contributed by atoms with Crippen LogP contribution in [0.15, 0.2) is 42.6 Å². The number of ether oxygens (including phenoxy) is 2. The molecule has 174 valence electrons. The molecule has 4 rings (SSSR count). The van der Waals surface area contributed by atoms with Gasteiger partial charge in [0.1, 0.15) is 22.3 Å². The van der Waals surface area contributed by atoms with Crippen molar-refractivity contribution in [1.29, 1.82) is 0 Å². The normalized spacial score (nSPS) is 14.2. The Bertz CT molecular complexity index is 1080. The number of halogens is 1. The summed E-state index contributed by atoms with van der Waals surface area (Å²) in [5.74, 6) is 2.21. The van der Waals surface area contributed by atoms with Crippen molar-refractivity contribution in [2.24, 2.45) is 0 Å². The van der Waals surface area contributed by atoms with E-state index in [0.717, 1.165) is 43.1 Å². The third-order valence-electron chi connectivity index (χ3n) is 5.67. The predicted octanol–water partition coefficient (Wildman–Crippen LogP) is 4.69. The lowest BCUT2D eigenvalue weighted by atomic mass is 10.2. The molecule has 2 N–H and O–H groups in total. The van der Waals surface area contributed by atoms with Gasteiger partial charge >= 0.3 is 0 Å². The van der Waals surface area contributed by atoms with Gasteiger partial charge in [-0.1, -0.05) is 11.6 Å². The molecule has 8 nitrogen and oxygen atoms in total. The van der Waals surface area contributed by atoms with E-state index in [1.165, 1.54) is 5.69 Å². The maximum absolute atomic E-state index is 6.28. The smallest absolute Gasteiger partial charge is 0.229 e. The number of nitrogens with zero attached hydrogens (tertiary/aromatic N) is 4. The largest absolute Gasteiger partial charge is 0.495 e. The van der Waals surface area contributed by atoms with Crippen molar-refractivity contribution < 1.29 is 9.47 Å². The van der Waals surface area contributed by atoms with E-state index in [2.05, 4.69) is 61.7 Å². The number of methoxy groups -OCH3 is 2. The topological polar surface area (TPSA) is 74.8 Å². The molecule has 3 aromatic rings. The van der Waals surface area contributed by atoms with Crippen LogP contribution in [-0.2, 0) is 0 Å². The molecule has 0 bridgehead atoms. The van der Waals surface area contributed by atoms with Crippen LogP contribution in [0.5, 0.6) is 11.5 Å². The Labute approximate surface area is 199 Å². The van der Waals surface area contributed by atoms with Crippen LogP contribution in [0.25, 0.3) is 0 Å². The summed E-state index contributed by atoms with van der Waals surface area (Å²) >= 11 is 6.28. The van der Waals surface area contributed by atoms with Crippen molar-refractivity contribution in [3.63, 3.8) is 0 Å². The molecule has 0 saturated carbocycles. The number of nitrogens with one attached hydrogen (secondary N) is 2. The third kappa shape index (κ3) is 5.40. The third-order valence-corrected chi connectivity index (χ3v) is 6.04. The predicted molar refractivity (Wildman–Crippen MR) is 134 cm³/mol. The summed E-state index contributed by atoms with van der Waals surface area (Å²) in [6.07, 6.45) is 1.78. The molecule has 1 aliphatic heterocycles. The van der Waals surface area contributed by atoms with Gasteiger partial charge in [0.15, 0.2) is 0 Å². The maximum Gasteiger partial charge on any atom is 0.229 e. The van der Waals surface area contributed by atoms with E-state index in [1.54, 1.807) is 32.5 Å². The zero-order valence-electron chi connectivity index (χ0n) is 19.4. The van der Waals surface area contributed by atoms with Crippen LogP contribution in [0.2, 0.25) is 5.02 Å². The summed E-state index contributed by atoms with van der Waals surface area (Å²) in [6.45, 7) is 6.19. The lowest BCUT2D eigenvalue weighted by molar-refractivity contribution is 0.313. The van der Waals surface area contributed by atoms with Gasteiger partial charge in [-0.2, -0.15) is 4.98 Å². The lowest BCUT2D eigenvalue weighted by Gasteiger charge is -2.34. The Hall–Kier alpha value is -3.23. The lowest BCUT2D eigenvalue weighted by Crippen LogP contribution is -2.44. The molecule has 0 atom stereocenters. The Balaban J connectivity index is 1.49. The average Bonchev–Trinajstić information content (AvgIpc) is 2.83. The van der Waals surface area contributed by atoms with E-state index in [4.69, 9.17) is 21.1 Å². The van der Waals surface area contributed by atoms with Crippen LogP contribution in [0.3, 0.4) is 0 Å². The Morgan fingerprint density at radius 3 is 2.15 bits per heavy atom. The molecule has 0 amide bonds. The molecule has 1 fully saturated rings. The minimum atomic E-state index is 0.423. The summed E-state index contributed by atoms with van der Waals surface area (Å²) in [7, 11) is 5.30. The van der Waals surface area contributed by atoms with Gasteiger partial charge in [0.05, 0.1) is 14.2 Å². The molecular weight excluding hydrogens is 440 g/mol. The average molecular weight is 469 g/mol. The van der Waals surface area contributed by atoms with Crippen molar-refractivity contribution in [3.05, 3.63) is 53.2 Å². The van der Waals surface area contributed by atoms with E-state index in [-0.39, 0.29) is 0 Å². The van der Waals surface area contributed by atoms with E-state index in [1.807, 2.05) is 6.92 Å². The number of hydrogen-bond donors (Lipinski definition) is 2. The molecule has 33 heavy (non-hydrogen) atoms. The zero-order chi connectivity index (χ0) is 23.4. The fraction of sp³-hybridized carbons (Fsp3) is 0.333. The zero-order valence-corrected chi connectivity index (χ0v) is 20.1. The molecule has 0 radical (unpaired) electrons. The second kappa shape index (κ2) is 10.1. The fourth-order valence-electron chi connectivity index (χ4n) is 3.66. The standard InChI is InChI=1S/C24H29ClN6O2/c1-16-15-26-24(28-17-5-7-19(8-6-17)31-11-9-30(2)10-12-31)29-23(16)27-18-13-20(32-3)22(25)21(14-18)33-4/h5-8,13-15H,9-12H2,1-4H3,(H2,26,27,28,29). The summed E-state index contributed by atoms with van der Waals surface area (Å²) in [5, 5.41) is 7.02. The van der Waals surface area contributed by atoms with Gasteiger partial charge in [-0.25, -0.2) is 4.98 Å². The molecule has 1 aromatic heterocycles. The van der Waals surface area contributed by atoms with Gasteiger partial charge in [-0.05, 0) is 38.2 Å². The van der Waals surface area contributed by atoms with Crippen LogP contribution in [-0.4, -0.2) is 62.3 Å². The van der Waals surface area contributed by atoms with Crippen LogP contribution in [0, 0.1) is 6.92 Å². The van der Waals surface area contributed by atoms with Crippen LogP contribution in [0.4, 0.5) is 28.8 Å². The van der Waals surface area contributed by atoms with Crippen LogP contribution in [0.1, 0.15) is 5.56 Å². The highest BCUT2D eigenvalue weighted by Crippen LogP contribution is 2.38. The number of likely N-dealkylation sites (N-methyl/N-ethyl adjacent to an activating group) is 1. The molecule has 1 aliphatic rings. The Morgan fingerprint density at radius 2 is 1.55 bits per heavy atom. The molecule has 2 aromatic carbocycles. The summed E-state index contributed by atoms with van der Waals surface area (Å²) in [5.41, 5.74) is 3.81.